The molecular formula is C16H22N4OS. The summed E-state index contributed by atoms with van der Waals surface area (Å²) in [6.07, 6.45) is 5.79. The van der Waals surface area contributed by atoms with E-state index in [1.807, 2.05) is 24.3 Å². The van der Waals surface area contributed by atoms with Gasteiger partial charge in [0.15, 0.2) is 5.82 Å². The topological polar surface area (TPSA) is 55.2 Å². The number of aromatic amines is 1. The molecule has 0 amide bonds. The molecule has 1 N–H and O–H groups in total. The molecule has 0 bridgehead atoms. The van der Waals surface area contributed by atoms with Gasteiger partial charge in [-0.1, -0.05) is 32.4 Å². The van der Waals surface area contributed by atoms with E-state index in [4.69, 9.17) is 17.0 Å². The van der Waals surface area contributed by atoms with Crippen LogP contribution in [0.1, 0.15) is 44.5 Å². The second-order valence-corrected chi connectivity index (χ2v) is 5.41. The first kappa shape index (κ1) is 16.4. The lowest BCUT2D eigenvalue weighted by atomic mass is 10.2. The van der Waals surface area contributed by atoms with Gasteiger partial charge in [-0.3, -0.25) is 5.10 Å². The zero-order valence-electron chi connectivity index (χ0n) is 13.1. The molecule has 5 nitrogen and oxygen atoms in total. The maximum Gasteiger partial charge on any atom is 0.216 e. The molecule has 0 unspecified atom stereocenters. The molecule has 0 radical (unpaired) electrons. The second kappa shape index (κ2) is 8.48. The predicted octanol–water partition coefficient (Wildman–Crippen LogP) is 3.95. The van der Waals surface area contributed by atoms with Crippen molar-refractivity contribution in [3.8, 4) is 5.75 Å². The van der Waals surface area contributed by atoms with Gasteiger partial charge in [-0.15, -0.1) is 0 Å². The lowest BCUT2D eigenvalue weighted by molar-refractivity contribution is 0.309. The molecule has 0 aliphatic carbocycles. The molecule has 118 valence electrons. The van der Waals surface area contributed by atoms with Crippen LogP contribution in [0.25, 0.3) is 0 Å². The Morgan fingerprint density at radius 2 is 2.23 bits per heavy atom. The van der Waals surface area contributed by atoms with Gasteiger partial charge in [0.05, 0.1) is 12.8 Å². The van der Waals surface area contributed by atoms with Gasteiger partial charge in [-0.25, -0.2) is 0 Å². The van der Waals surface area contributed by atoms with Crippen LogP contribution in [-0.4, -0.2) is 27.7 Å². The predicted molar refractivity (Wildman–Crippen MR) is 91.2 cm³/mol. The standard InChI is InChI=1S/C16H22N4OS/c1-3-5-10-21-14-9-6-8-13(11-14)12-17-20-15(7-4-2)18-19-16(20)22/h6,8-9,11-12H,3-5,7,10H2,1-2H3,(H,19,22)/b17-12-. The average Bonchev–Trinajstić information content (AvgIpc) is 2.87. The molecule has 0 aliphatic heterocycles. The quantitative estimate of drug-likeness (QED) is 0.455. The molecule has 0 aliphatic rings. The Labute approximate surface area is 136 Å². The molecule has 0 saturated carbocycles. The van der Waals surface area contributed by atoms with Crippen LogP contribution >= 0.6 is 12.2 Å². The normalized spacial score (nSPS) is 11.2. The first-order valence-corrected chi connectivity index (χ1v) is 8.09. The number of hydrogen-bond donors (Lipinski definition) is 1. The number of aryl methyl sites for hydroxylation is 1. The smallest absolute Gasteiger partial charge is 0.216 e. The van der Waals surface area contributed by atoms with Crippen molar-refractivity contribution in [1.29, 1.82) is 0 Å². The van der Waals surface area contributed by atoms with Crippen molar-refractivity contribution in [1.82, 2.24) is 14.9 Å². The minimum Gasteiger partial charge on any atom is -0.494 e. The molecular weight excluding hydrogens is 296 g/mol. The highest BCUT2D eigenvalue weighted by Crippen LogP contribution is 2.13. The number of benzene rings is 1. The fourth-order valence-electron chi connectivity index (χ4n) is 1.97. The summed E-state index contributed by atoms with van der Waals surface area (Å²) >= 11 is 5.21. The number of unbranched alkanes of at least 4 members (excludes halogenated alkanes) is 1. The molecule has 2 rings (SSSR count). The lowest BCUT2D eigenvalue weighted by Gasteiger charge is -2.05. The van der Waals surface area contributed by atoms with Crippen LogP contribution in [0.2, 0.25) is 0 Å². The fraction of sp³-hybridized carbons (Fsp3) is 0.438. The zero-order chi connectivity index (χ0) is 15.8. The third kappa shape index (κ3) is 4.53. The number of ether oxygens (including phenoxy) is 1. The van der Waals surface area contributed by atoms with E-state index in [1.54, 1.807) is 10.9 Å². The minimum absolute atomic E-state index is 0.509. The fourth-order valence-corrected chi connectivity index (χ4v) is 2.17. The van der Waals surface area contributed by atoms with E-state index in [9.17, 15) is 0 Å². The monoisotopic (exact) mass is 318 g/mol. The van der Waals surface area contributed by atoms with Crippen molar-refractivity contribution >= 4 is 18.4 Å². The van der Waals surface area contributed by atoms with Crippen LogP contribution in [0.4, 0.5) is 0 Å². The third-order valence-corrected chi connectivity index (χ3v) is 3.40. The van der Waals surface area contributed by atoms with Gasteiger partial charge in [0, 0.05) is 6.42 Å². The van der Waals surface area contributed by atoms with Crippen molar-refractivity contribution in [2.24, 2.45) is 5.10 Å². The summed E-state index contributed by atoms with van der Waals surface area (Å²) < 4.78 is 7.88. The van der Waals surface area contributed by atoms with Crippen LogP contribution < -0.4 is 4.74 Å². The van der Waals surface area contributed by atoms with E-state index in [1.165, 1.54) is 0 Å². The van der Waals surface area contributed by atoms with E-state index in [2.05, 4.69) is 29.1 Å². The number of H-pyrrole nitrogens is 1. The minimum atomic E-state index is 0.509. The van der Waals surface area contributed by atoms with Gasteiger partial charge in [-0.2, -0.15) is 14.9 Å². The Hall–Kier alpha value is -1.95. The van der Waals surface area contributed by atoms with Crippen LogP contribution in [0.3, 0.4) is 0 Å². The van der Waals surface area contributed by atoms with E-state index in [0.717, 1.165) is 49.4 Å². The SMILES string of the molecule is CCCCOc1cccc(/C=N\n2c(CCC)n[nH]c2=S)c1. The highest BCUT2D eigenvalue weighted by molar-refractivity contribution is 7.71. The lowest BCUT2D eigenvalue weighted by Crippen LogP contribution is -1.99. The van der Waals surface area contributed by atoms with Gasteiger partial charge in [0.1, 0.15) is 5.75 Å². The van der Waals surface area contributed by atoms with E-state index in [-0.39, 0.29) is 0 Å². The van der Waals surface area contributed by atoms with Gasteiger partial charge in [0.25, 0.3) is 0 Å². The van der Waals surface area contributed by atoms with Crippen LogP contribution in [0.5, 0.6) is 5.75 Å². The Morgan fingerprint density at radius 1 is 1.36 bits per heavy atom. The van der Waals surface area contributed by atoms with Crippen LogP contribution in [0.15, 0.2) is 29.4 Å². The Morgan fingerprint density at radius 3 is 3.00 bits per heavy atom. The highest BCUT2D eigenvalue weighted by atomic mass is 32.1. The summed E-state index contributed by atoms with van der Waals surface area (Å²) in [5.41, 5.74) is 0.972. The molecule has 22 heavy (non-hydrogen) atoms. The molecule has 1 heterocycles. The summed E-state index contributed by atoms with van der Waals surface area (Å²) in [5.74, 6) is 1.71. The molecule has 0 saturated heterocycles. The molecule has 1 aromatic carbocycles. The van der Waals surface area contributed by atoms with Crippen molar-refractivity contribution in [3.63, 3.8) is 0 Å². The number of rotatable bonds is 8. The largest absolute Gasteiger partial charge is 0.494 e. The van der Waals surface area contributed by atoms with Gasteiger partial charge >= 0.3 is 0 Å². The summed E-state index contributed by atoms with van der Waals surface area (Å²) in [6.45, 7) is 4.99. The van der Waals surface area contributed by atoms with Crippen molar-refractivity contribution in [2.75, 3.05) is 6.61 Å². The molecule has 0 atom stereocenters. The Bertz CT molecular complexity index is 675. The molecule has 0 fully saturated rings. The van der Waals surface area contributed by atoms with Gasteiger partial charge < -0.3 is 4.74 Å². The molecule has 0 spiro atoms. The van der Waals surface area contributed by atoms with Crippen LogP contribution in [0, 0.1) is 4.77 Å². The second-order valence-electron chi connectivity index (χ2n) is 5.03. The number of aromatic nitrogens is 3. The third-order valence-electron chi connectivity index (χ3n) is 3.14. The average molecular weight is 318 g/mol. The van der Waals surface area contributed by atoms with Gasteiger partial charge in [0.2, 0.25) is 4.77 Å². The number of hydrogen-bond acceptors (Lipinski definition) is 4. The summed E-state index contributed by atoms with van der Waals surface area (Å²) in [5, 5.41) is 11.4. The molecule has 6 heteroatoms. The Balaban J connectivity index is 2.11. The van der Waals surface area contributed by atoms with Gasteiger partial charge in [-0.05, 0) is 42.8 Å². The van der Waals surface area contributed by atoms with Crippen molar-refractivity contribution in [2.45, 2.75) is 39.5 Å². The Kier molecular flexibility index (Phi) is 6.33. The highest BCUT2D eigenvalue weighted by Gasteiger charge is 2.03. The maximum absolute atomic E-state index is 5.70. The summed E-state index contributed by atoms with van der Waals surface area (Å²) in [6, 6.07) is 7.88. The summed E-state index contributed by atoms with van der Waals surface area (Å²) in [4.78, 5) is 0. The number of nitrogens with zero attached hydrogens (tertiary/aromatic N) is 3. The van der Waals surface area contributed by atoms with Crippen molar-refractivity contribution in [3.05, 3.63) is 40.4 Å². The maximum atomic E-state index is 5.70. The summed E-state index contributed by atoms with van der Waals surface area (Å²) in [7, 11) is 0. The molecule has 1 aromatic heterocycles. The van der Waals surface area contributed by atoms with Crippen molar-refractivity contribution < 1.29 is 4.74 Å². The van der Waals surface area contributed by atoms with E-state index in [0.29, 0.717) is 4.77 Å². The molecule has 2 aromatic rings. The van der Waals surface area contributed by atoms with E-state index >= 15 is 0 Å². The first-order chi connectivity index (χ1) is 10.7. The number of nitrogens with one attached hydrogen (secondary N) is 1. The zero-order valence-corrected chi connectivity index (χ0v) is 13.9. The van der Waals surface area contributed by atoms with E-state index < -0.39 is 0 Å². The first-order valence-electron chi connectivity index (χ1n) is 7.68. The van der Waals surface area contributed by atoms with Crippen LogP contribution in [-0.2, 0) is 6.42 Å².